The van der Waals surface area contributed by atoms with Gasteiger partial charge in [-0.3, -0.25) is 4.99 Å². The second kappa shape index (κ2) is 8.70. The molecule has 0 aliphatic carbocycles. The number of hydrogen-bond acceptors (Lipinski definition) is 1. The van der Waals surface area contributed by atoms with Gasteiger partial charge in [0.1, 0.15) is 0 Å². The monoisotopic (exact) mass is 199 g/mol. The van der Waals surface area contributed by atoms with Gasteiger partial charge in [-0.15, -0.1) is 0 Å². The van der Waals surface area contributed by atoms with E-state index in [0.29, 0.717) is 0 Å². The van der Waals surface area contributed by atoms with Crippen LogP contribution in [0, 0.1) is 0 Å². The highest BCUT2D eigenvalue weighted by Crippen LogP contribution is 2.12. The van der Waals surface area contributed by atoms with E-state index in [-0.39, 0.29) is 0 Å². The number of rotatable bonds is 6. The molecule has 0 saturated carbocycles. The minimum atomic E-state index is 0.874. The van der Waals surface area contributed by atoms with E-state index in [1.165, 1.54) is 0 Å². The van der Waals surface area contributed by atoms with E-state index in [1.54, 1.807) is 24.4 Å². The largest absolute Gasteiger partial charge is 0.257 e. The molecule has 0 radical (unpaired) electrons. The summed E-state index contributed by atoms with van der Waals surface area (Å²) in [5, 5.41) is 0. The summed E-state index contributed by atoms with van der Waals surface area (Å²) in [6, 6.07) is 0. The van der Waals surface area contributed by atoms with Crippen molar-refractivity contribution >= 4 is 6.21 Å². The van der Waals surface area contributed by atoms with Gasteiger partial charge in [-0.25, -0.2) is 0 Å². The van der Waals surface area contributed by atoms with Crippen molar-refractivity contribution in [1.29, 1.82) is 0 Å². The summed E-state index contributed by atoms with van der Waals surface area (Å²) < 4.78 is 0. The lowest BCUT2D eigenvalue weighted by Crippen LogP contribution is -1.82. The summed E-state index contributed by atoms with van der Waals surface area (Å²) in [6.45, 7) is 12.9. The van der Waals surface area contributed by atoms with Gasteiger partial charge in [0, 0.05) is 6.21 Å². The summed E-state index contributed by atoms with van der Waals surface area (Å²) in [5.74, 6) is 0. The molecule has 0 bridgehead atoms. The predicted octanol–water partition coefficient (Wildman–Crippen LogP) is 4.00. The van der Waals surface area contributed by atoms with Crippen molar-refractivity contribution in [3.8, 4) is 0 Å². The highest BCUT2D eigenvalue weighted by molar-refractivity contribution is 5.72. The first-order chi connectivity index (χ1) is 7.29. The van der Waals surface area contributed by atoms with E-state index in [4.69, 9.17) is 0 Å². The predicted molar refractivity (Wildman–Crippen MR) is 70.1 cm³/mol. The van der Waals surface area contributed by atoms with Gasteiger partial charge in [-0.1, -0.05) is 62.3 Å². The van der Waals surface area contributed by atoms with Crippen LogP contribution in [0.25, 0.3) is 0 Å². The third kappa shape index (κ3) is 5.42. The van der Waals surface area contributed by atoms with Gasteiger partial charge >= 0.3 is 0 Å². The van der Waals surface area contributed by atoms with Crippen LogP contribution in [-0.2, 0) is 0 Å². The maximum absolute atomic E-state index is 4.23. The van der Waals surface area contributed by atoms with Crippen LogP contribution in [0.4, 0.5) is 0 Å². The zero-order valence-electron chi connectivity index (χ0n) is 9.19. The SMILES string of the molecule is C=CC=NC(=C\C)/C(C=C)=C/C=C\C=C. The topological polar surface area (TPSA) is 12.4 Å². The molecule has 0 aromatic rings. The maximum atomic E-state index is 4.23. The Bertz CT molecular complexity index is 338. The molecule has 0 rings (SSSR count). The highest BCUT2D eigenvalue weighted by atomic mass is 14.7. The van der Waals surface area contributed by atoms with Crippen molar-refractivity contribution in [2.45, 2.75) is 6.92 Å². The molecule has 0 N–H and O–H groups in total. The lowest BCUT2D eigenvalue weighted by atomic mass is 10.1. The Morgan fingerprint density at radius 1 is 1.07 bits per heavy atom. The van der Waals surface area contributed by atoms with Crippen LogP contribution in [0.2, 0.25) is 0 Å². The van der Waals surface area contributed by atoms with Crippen molar-refractivity contribution in [1.82, 2.24) is 0 Å². The van der Waals surface area contributed by atoms with Crippen LogP contribution in [0.3, 0.4) is 0 Å². The van der Waals surface area contributed by atoms with Crippen LogP contribution in [0.1, 0.15) is 6.92 Å². The third-order valence-electron chi connectivity index (χ3n) is 1.63. The van der Waals surface area contributed by atoms with Gasteiger partial charge in [-0.2, -0.15) is 0 Å². The normalized spacial score (nSPS) is 13.4. The minimum Gasteiger partial charge on any atom is -0.257 e. The Balaban J connectivity index is 4.92. The van der Waals surface area contributed by atoms with E-state index in [1.807, 2.05) is 31.2 Å². The number of nitrogens with zero attached hydrogens (tertiary/aromatic N) is 1. The Kier molecular flexibility index (Phi) is 7.60. The van der Waals surface area contributed by atoms with E-state index in [9.17, 15) is 0 Å². The summed E-state index contributed by atoms with van der Waals surface area (Å²) in [4.78, 5) is 4.23. The molecule has 0 fully saturated rings. The van der Waals surface area contributed by atoms with Crippen LogP contribution in [-0.4, -0.2) is 6.21 Å². The van der Waals surface area contributed by atoms with Gasteiger partial charge < -0.3 is 0 Å². The first kappa shape index (κ1) is 13.1. The molecule has 0 aliphatic rings. The average molecular weight is 199 g/mol. The zero-order chi connectivity index (χ0) is 11.5. The zero-order valence-corrected chi connectivity index (χ0v) is 9.19. The van der Waals surface area contributed by atoms with Crippen molar-refractivity contribution in [3.63, 3.8) is 0 Å². The molecule has 15 heavy (non-hydrogen) atoms. The molecule has 0 unspecified atom stereocenters. The van der Waals surface area contributed by atoms with E-state index < -0.39 is 0 Å². The van der Waals surface area contributed by atoms with E-state index in [2.05, 4.69) is 24.7 Å². The molecule has 78 valence electrons. The molecule has 1 nitrogen and oxygen atoms in total. The van der Waals surface area contributed by atoms with Gasteiger partial charge in [0.15, 0.2) is 0 Å². The number of hydrogen-bond donors (Lipinski definition) is 0. The van der Waals surface area contributed by atoms with Crippen molar-refractivity contribution in [2.75, 3.05) is 0 Å². The van der Waals surface area contributed by atoms with Crippen molar-refractivity contribution < 1.29 is 0 Å². The van der Waals surface area contributed by atoms with Crippen molar-refractivity contribution in [2.24, 2.45) is 4.99 Å². The molecule has 0 aromatic carbocycles. The maximum Gasteiger partial charge on any atom is 0.0659 e. The number of aliphatic imine (C=N–C) groups is 1. The fourth-order valence-corrected chi connectivity index (χ4v) is 0.945. The van der Waals surface area contributed by atoms with E-state index >= 15 is 0 Å². The molecule has 0 heterocycles. The molecule has 0 aliphatic heterocycles. The Hall–Kier alpha value is -1.89. The first-order valence-corrected chi connectivity index (χ1v) is 4.73. The smallest absolute Gasteiger partial charge is 0.0659 e. The van der Waals surface area contributed by atoms with Gasteiger partial charge in [0.25, 0.3) is 0 Å². The first-order valence-electron chi connectivity index (χ1n) is 4.73. The lowest BCUT2D eigenvalue weighted by molar-refractivity contribution is 1.33. The standard InChI is InChI=1S/C14H17N/c1-5-9-10-11-13(7-3)14(8-4)15-12-6-2/h5-12H,1-3H2,4H3/b10-9-,13-11+,14-8-,15-12?. The molecule has 1 heteroatoms. The second-order valence-corrected chi connectivity index (χ2v) is 2.63. The Morgan fingerprint density at radius 3 is 2.27 bits per heavy atom. The van der Waals surface area contributed by atoms with E-state index in [0.717, 1.165) is 11.3 Å². The average Bonchev–Trinajstić information content (AvgIpc) is 2.27. The van der Waals surface area contributed by atoms with Crippen molar-refractivity contribution in [3.05, 3.63) is 73.5 Å². The molecular formula is C14H17N. The molecule has 0 amide bonds. The summed E-state index contributed by atoms with van der Waals surface area (Å²) in [6.07, 6.45) is 14.4. The highest BCUT2D eigenvalue weighted by Gasteiger charge is 1.95. The van der Waals surface area contributed by atoms with Crippen LogP contribution in [0.15, 0.2) is 78.5 Å². The molecule has 0 saturated heterocycles. The molecule has 0 atom stereocenters. The molecule has 0 spiro atoms. The Labute approximate surface area is 92.2 Å². The fraction of sp³-hybridized carbons (Fsp3) is 0.0714. The van der Waals surface area contributed by atoms with Crippen LogP contribution in [0.5, 0.6) is 0 Å². The Morgan fingerprint density at radius 2 is 1.80 bits per heavy atom. The van der Waals surface area contributed by atoms with Crippen LogP contribution < -0.4 is 0 Å². The van der Waals surface area contributed by atoms with Crippen LogP contribution >= 0.6 is 0 Å². The van der Waals surface area contributed by atoms with Gasteiger partial charge in [0.2, 0.25) is 0 Å². The fourth-order valence-electron chi connectivity index (χ4n) is 0.945. The van der Waals surface area contributed by atoms with Gasteiger partial charge in [0.05, 0.1) is 5.70 Å². The summed E-state index contributed by atoms with van der Waals surface area (Å²) in [7, 11) is 0. The minimum absolute atomic E-state index is 0.874. The summed E-state index contributed by atoms with van der Waals surface area (Å²) in [5.41, 5.74) is 1.84. The third-order valence-corrected chi connectivity index (χ3v) is 1.63. The summed E-state index contributed by atoms with van der Waals surface area (Å²) >= 11 is 0. The van der Waals surface area contributed by atoms with Gasteiger partial charge in [-0.05, 0) is 12.5 Å². The lowest BCUT2D eigenvalue weighted by Gasteiger charge is -1.99. The molecular weight excluding hydrogens is 182 g/mol. The quantitative estimate of drug-likeness (QED) is 0.453. The molecule has 0 aromatic heterocycles. The number of allylic oxidation sites excluding steroid dienone is 7. The second-order valence-electron chi connectivity index (χ2n) is 2.63.